The molecule has 1 atom stereocenters. The number of ether oxygens (including phenoxy) is 1. The smallest absolute Gasteiger partial charge is 0.323 e. The molecule has 1 aromatic carbocycles. The number of benzene rings is 1. The molecular weight excluding hydrogens is 287 g/mol. The van der Waals surface area contributed by atoms with Gasteiger partial charge in [-0.15, -0.1) is 24.8 Å². The normalized spacial score (nSPS) is 11.1. The Morgan fingerprint density at radius 3 is 2.63 bits per heavy atom. The second-order valence-electron chi connectivity index (χ2n) is 3.83. The molecule has 0 amide bonds. The lowest BCUT2D eigenvalue weighted by Gasteiger charge is -2.08. The molecular formula is C13H16Cl2N2O2. The Hall–Kier alpha value is -1.36. The number of nitrogens with two attached hydrogens (primary N) is 1. The van der Waals surface area contributed by atoms with Crippen LogP contribution in [0.3, 0.4) is 0 Å². The van der Waals surface area contributed by atoms with Crippen LogP contribution in [-0.4, -0.2) is 24.1 Å². The quantitative estimate of drug-likeness (QED) is 0.882. The summed E-state index contributed by atoms with van der Waals surface area (Å²) in [6, 6.07) is 11.0. The molecule has 0 bridgehead atoms. The minimum atomic E-state index is -0.659. The van der Waals surface area contributed by atoms with Gasteiger partial charge in [-0.1, -0.05) is 24.3 Å². The summed E-state index contributed by atoms with van der Waals surface area (Å²) < 4.78 is 4.58. The molecule has 2 rings (SSSR count). The molecule has 6 heteroatoms. The van der Waals surface area contributed by atoms with Gasteiger partial charge in [0.15, 0.2) is 0 Å². The number of esters is 1. The fourth-order valence-electron chi connectivity index (χ4n) is 1.68. The highest BCUT2D eigenvalue weighted by molar-refractivity contribution is 5.85. The van der Waals surface area contributed by atoms with Crippen LogP contribution in [0, 0.1) is 0 Å². The standard InChI is InChI=1S/C13H14N2O2.2ClH/c1-17-13(16)11(14)8-10-7-6-9-4-2-3-5-12(9)15-10;;/h2-7,11H,8,14H2,1H3;2*1H. The van der Waals surface area contributed by atoms with E-state index in [2.05, 4.69) is 9.72 Å². The van der Waals surface area contributed by atoms with Gasteiger partial charge in [0.25, 0.3) is 0 Å². The number of fused-ring (bicyclic) bond motifs is 1. The Morgan fingerprint density at radius 2 is 1.95 bits per heavy atom. The fourth-order valence-corrected chi connectivity index (χ4v) is 1.68. The third kappa shape index (κ3) is 4.35. The average Bonchev–Trinajstić information content (AvgIpc) is 2.37. The van der Waals surface area contributed by atoms with Gasteiger partial charge >= 0.3 is 5.97 Å². The maximum absolute atomic E-state index is 11.2. The van der Waals surface area contributed by atoms with Crippen LogP contribution in [-0.2, 0) is 16.0 Å². The Kier molecular flexibility index (Phi) is 7.37. The van der Waals surface area contributed by atoms with Crippen LogP contribution in [0.25, 0.3) is 10.9 Å². The number of hydrogen-bond donors (Lipinski definition) is 1. The molecule has 0 saturated carbocycles. The highest BCUT2D eigenvalue weighted by Crippen LogP contribution is 2.12. The summed E-state index contributed by atoms with van der Waals surface area (Å²) in [5, 5.41) is 1.07. The zero-order chi connectivity index (χ0) is 12.3. The van der Waals surface area contributed by atoms with Gasteiger partial charge in [0.1, 0.15) is 6.04 Å². The van der Waals surface area contributed by atoms with Crippen LogP contribution in [0.2, 0.25) is 0 Å². The Labute approximate surface area is 124 Å². The molecule has 0 radical (unpaired) electrons. The van der Waals surface area contributed by atoms with Gasteiger partial charge < -0.3 is 10.5 Å². The van der Waals surface area contributed by atoms with E-state index in [4.69, 9.17) is 5.73 Å². The molecule has 0 spiro atoms. The first-order valence-corrected chi connectivity index (χ1v) is 5.39. The predicted molar refractivity (Wildman–Crippen MR) is 79.9 cm³/mol. The van der Waals surface area contributed by atoms with E-state index < -0.39 is 12.0 Å². The zero-order valence-electron chi connectivity index (χ0n) is 10.4. The molecule has 104 valence electrons. The van der Waals surface area contributed by atoms with Gasteiger partial charge in [0.05, 0.1) is 12.6 Å². The van der Waals surface area contributed by atoms with E-state index in [0.29, 0.717) is 6.42 Å². The molecule has 1 aromatic heterocycles. The van der Waals surface area contributed by atoms with Crippen LogP contribution in [0.15, 0.2) is 36.4 Å². The number of rotatable bonds is 3. The summed E-state index contributed by atoms with van der Waals surface area (Å²) in [5.74, 6) is -0.417. The molecule has 1 heterocycles. The Bertz CT molecular complexity index is 549. The molecule has 4 nitrogen and oxygen atoms in total. The molecule has 0 saturated heterocycles. The second kappa shape index (κ2) is 7.94. The summed E-state index contributed by atoms with van der Waals surface area (Å²) in [5.41, 5.74) is 7.39. The summed E-state index contributed by atoms with van der Waals surface area (Å²) in [6.45, 7) is 0. The van der Waals surface area contributed by atoms with Crippen molar-refractivity contribution in [3.63, 3.8) is 0 Å². The first-order chi connectivity index (χ1) is 8.20. The molecule has 2 aromatic rings. The third-order valence-corrected chi connectivity index (χ3v) is 2.59. The highest BCUT2D eigenvalue weighted by Gasteiger charge is 2.14. The number of carbonyl (C=O) groups is 1. The van der Waals surface area contributed by atoms with Crippen LogP contribution in [0.5, 0.6) is 0 Å². The van der Waals surface area contributed by atoms with Crippen molar-refractivity contribution < 1.29 is 9.53 Å². The van der Waals surface area contributed by atoms with Crippen molar-refractivity contribution in [2.45, 2.75) is 12.5 Å². The second-order valence-corrected chi connectivity index (χ2v) is 3.83. The van der Waals surface area contributed by atoms with Gasteiger partial charge in [-0.3, -0.25) is 9.78 Å². The number of aromatic nitrogens is 1. The van der Waals surface area contributed by atoms with E-state index in [1.54, 1.807) is 0 Å². The van der Waals surface area contributed by atoms with Gasteiger partial charge in [-0.2, -0.15) is 0 Å². The minimum Gasteiger partial charge on any atom is -0.468 e. The molecule has 0 aliphatic heterocycles. The Morgan fingerprint density at radius 1 is 1.26 bits per heavy atom. The number of nitrogens with zero attached hydrogens (tertiary/aromatic N) is 1. The minimum absolute atomic E-state index is 0. The van der Waals surface area contributed by atoms with Crippen molar-refractivity contribution >= 4 is 41.7 Å². The number of para-hydroxylation sites is 1. The first kappa shape index (κ1) is 17.6. The maximum atomic E-state index is 11.2. The molecule has 19 heavy (non-hydrogen) atoms. The number of halogens is 2. The summed E-state index contributed by atoms with van der Waals surface area (Å²) in [7, 11) is 1.33. The van der Waals surface area contributed by atoms with E-state index in [1.165, 1.54) is 7.11 Å². The van der Waals surface area contributed by atoms with Gasteiger partial charge in [-0.05, 0) is 12.1 Å². The summed E-state index contributed by atoms with van der Waals surface area (Å²) in [4.78, 5) is 15.6. The van der Waals surface area contributed by atoms with E-state index in [1.807, 2.05) is 36.4 Å². The molecule has 0 fully saturated rings. The van der Waals surface area contributed by atoms with Crippen molar-refractivity contribution in [1.29, 1.82) is 0 Å². The summed E-state index contributed by atoms with van der Waals surface area (Å²) in [6.07, 6.45) is 0.386. The molecule has 0 aliphatic rings. The maximum Gasteiger partial charge on any atom is 0.323 e. The van der Waals surface area contributed by atoms with Crippen molar-refractivity contribution in [2.75, 3.05) is 7.11 Å². The zero-order valence-corrected chi connectivity index (χ0v) is 12.0. The summed E-state index contributed by atoms with van der Waals surface area (Å²) >= 11 is 0. The van der Waals surface area contributed by atoms with Crippen LogP contribution < -0.4 is 5.73 Å². The Balaban J connectivity index is 0.00000162. The predicted octanol–water partition coefficient (Wildman–Crippen LogP) is 2.12. The van der Waals surface area contributed by atoms with Gasteiger partial charge in [-0.25, -0.2) is 0 Å². The van der Waals surface area contributed by atoms with Gasteiger partial charge in [0, 0.05) is 17.5 Å². The van der Waals surface area contributed by atoms with Crippen molar-refractivity contribution in [3.05, 3.63) is 42.1 Å². The van der Waals surface area contributed by atoms with Crippen molar-refractivity contribution in [1.82, 2.24) is 4.98 Å². The monoisotopic (exact) mass is 302 g/mol. The van der Waals surface area contributed by atoms with Crippen molar-refractivity contribution in [3.8, 4) is 0 Å². The van der Waals surface area contributed by atoms with Crippen LogP contribution >= 0.6 is 24.8 Å². The SMILES string of the molecule is COC(=O)C(N)Cc1ccc2ccccc2n1.Cl.Cl. The van der Waals surface area contributed by atoms with Crippen molar-refractivity contribution in [2.24, 2.45) is 5.73 Å². The lowest BCUT2D eigenvalue weighted by atomic mass is 10.1. The molecule has 2 N–H and O–H groups in total. The molecule has 1 unspecified atom stereocenters. The van der Waals surface area contributed by atoms with E-state index in [-0.39, 0.29) is 24.8 Å². The number of carbonyl (C=O) groups excluding carboxylic acids is 1. The lowest BCUT2D eigenvalue weighted by Crippen LogP contribution is -2.33. The van der Waals surface area contributed by atoms with E-state index >= 15 is 0 Å². The molecule has 0 aliphatic carbocycles. The third-order valence-electron chi connectivity index (χ3n) is 2.59. The topological polar surface area (TPSA) is 65.2 Å². The van der Waals surface area contributed by atoms with E-state index in [0.717, 1.165) is 16.6 Å². The fraction of sp³-hybridized carbons (Fsp3) is 0.231. The van der Waals surface area contributed by atoms with Crippen LogP contribution in [0.4, 0.5) is 0 Å². The first-order valence-electron chi connectivity index (χ1n) is 5.39. The largest absolute Gasteiger partial charge is 0.468 e. The number of hydrogen-bond acceptors (Lipinski definition) is 4. The number of methoxy groups -OCH3 is 1. The van der Waals surface area contributed by atoms with Gasteiger partial charge in [0.2, 0.25) is 0 Å². The highest BCUT2D eigenvalue weighted by atomic mass is 35.5. The van der Waals surface area contributed by atoms with Crippen LogP contribution in [0.1, 0.15) is 5.69 Å². The van der Waals surface area contributed by atoms with E-state index in [9.17, 15) is 4.79 Å². The lowest BCUT2D eigenvalue weighted by molar-refractivity contribution is -0.142. The average molecular weight is 303 g/mol. The number of pyridine rings is 1.